The topological polar surface area (TPSA) is 114 Å². The molecule has 2 heterocycles. The third-order valence-electron chi connectivity index (χ3n) is 5.35. The van der Waals surface area contributed by atoms with Gasteiger partial charge in [0.1, 0.15) is 12.1 Å². The Labute approximate surface area is 219 Å². The van der Waals surface area contributed by atoms with Crippen LogP contribution < -0.4 is 16.0 Å². The molecule has 0 saturated carbocycles. The van der Waals surface area contributed by atoms with Crippen LogP contribution in [0.15, 0.2) is 75.9 Å². The second-order valence-corrected chi connectivity index (χ2v) is 9.52. The van der Waals surface area contributed by atoms with Crippen molar-refractivity contribution in [1.82, 2.24) is 9.97 Å². The van der Waals surface area contributed by atoms with Crippen LogP contribution in [-0.4, -0.2) is 47.3 Å². The maximum absolute atomic E-state index is 10.5. The first-order valence-electron chi connectivity index (χ1n) is 10.8. The van der Waals surface area contributed by atoms with Crippen molar-refractivity contribution < 1.29 is 14.6 Å². The van der Waals surface area contributed by atoms with Crippen LogP contribution in [0, 0.1) is 0 Å². The molecule has 0 aliphatic carbocycles. The van der Waals surface area contributed by atoms with Crippen molar-refractivity contribution in [2.45, 2.75) is 0 Å². The van der Waals surface area contributed by atoms with Crippen LogP contribution >= 0.6 is 31.9 Å². The largest absolute Gasteiger partial charge is 0.478 e. The number of carboxylic acid groups (broad SMARTS) is 1. The molecule has 180 valence electrons. The lowest BCUT2D eigenvalue weighted by atomic mass is 10.2. The van der Waals surface area contributed by atoms with Crippen LogP contribution in [0.3, 0.4) is 0 Å². The Bertz CT molecular complexity index is 1330. The van der Waals surface area contributed by atoms with Gasteiger partial charge in [-0.2, -0.15) is 0 Å². The van der Waals surface area contributed by atoms with Gasteiger partial charge in [-0.25, -0.2) is 14.8 Å². The standard InChI is InChI=1S/C18H17BrN4O.C7H6BrNO2/c19-13-1-6-17-16(11-13)18(21-12-20-17)22-14-2-4-15(5-3-14)23-7-9-24-10-8-23;8-4-1-2-6(9)5(3-4)7(10)11/h1-6,11-12H,7-10H2,(H,20,21,22);1-3H,9H2,(H,10,11). The zero-order valence-corrected chi connectivity index (χ0v) is 21.8. The van der Waals surface area contributed by atoms with E-state index in [1.54, 1.807) is 18.5 Å². The fourth-order valence-corrected chi connectivity index (χ4v) is 4.28. The zero-order valence-electron chi connectivity index (χ0n) is 18.6. The summed E-state index contributed by atoms with van der Waals surface area (Å²) in [5.74, 6) is -0.204. The molecule has 35 heavy (non-hydrogen) atoms. The number of rotatable bonds is 4. The number of carbonyl (C=O) groups is 1. The molecule has 0 bridgehead atoms. The number of nitrogens with one attached hydrogen (secondary N) is 1. The number of halogens is 2. The van der Waals surface area contributed by atoms with Crippen LogP contribution in [-0.2, 0) is 4.74 Å². The molecule has 0 amide bonds. The molecule has 1 aromatic heterocycles. The summed E-state index contributed by atoms with van der Waals surface area (Å²) in [5.41, 5.74) is 8.94. The molecule has 0 spiro atoms. The van der Waals surface area contributed by atoms with Gasteiger partial charge in [-0.05, 0) is 60.7 Å². The number of hydrogen-bond acceptors (Lipinski definition) is 7. The van der Waals surface area contributed by atoms with Gasteiger partial charge in [0.05, 0.1) is 24.3 Å². The Morgan fingerprint density at radius 1 is 0.971 bits per heavy atom. The van der Waals surface area contributed by atoms with E-state index in [2.05, 4.69) is 76.3 Å². The molecule has 1 aliphatic rings. The molecule has 1 aliphatic heterocycles. The number of morpholine rings is 1. The van der Waals surface area contributed by atoms with Crippen molar-refractivity contribution in [3.05, 3.63) is 81.5 Å². The van der Waals surface area contributed by atoms with Gasteiger partial charge in [0.2, 0.25) is 0 Å². The summed E-state index contributed by atoms with van der Waals surface area (Å²) in [5, 5.41) is 13.0. The number of hydrogen-bond donors (Lipinski definition) is 3. The molecule has 4 N–H and O–H groups in total. The summed E-state index contributed by atoms with van der Waals surface area (Å²) in [7, 11) is 0. The normalized spacial score (nSPS) is 13.1. The number of nitrogens with zero attached hydrogens (tertiary/aromatic N) is 3. The van der Waals surface area contributed by atoms with Gasteiger partial charge in [-0.1, -0.05) is 31.9 Å². The SMILES string of the molecule is Brc1ccc2ncnc(Nc3ccc(N4CCOCC4)cc3)c2c1.Nc1ccc(Br)cc1C(=O)O. The predicted octanol–water partition coefficient (Wildman–Crippen LogP) is 5.70. The van der Waals surface area contributed by atoms with E-state index < -0.39 is 5.97 Å². The van der Waals surface area contributed by atoms with Gasteiger partial charge in [-0.15, -0.1) is 0 Å². The van der Waals surface area contributed by atoms with E-state index in [0.29, 0.717) is 4.47 Å². The van der Waals surface area contributed by atoms with Gasteiger partial charge < -0.3 is 25.8 Å². The fourth-order valence-electron chi connectivity index (χ4n) is 3.56. The van der Waals surface area contributed by atoms with Gasteiger partial charge in [0.15, 0.2) is 0 Å². The Morgan fingerprint density at radius 2 is 1.66 bits per heavy atom. The van der Waals surface area contributed by atoms with E-state index in [1.807, 2.05) is 18.2 Å². The minimum atomic E-state index is -1.01. The second kappa shape index (κ2) is 11.5. The highest BCUT2D eigenvalue weighted by atomic mass is 79.9. The molecule has 4 aromatic rings. The highest BCUT2D eigenvalue weighted by Gasteiger charge is 2.11. The van der Waals surface area contributed by atoms with Crippen molar-refractivity contribution in [3.8, 4) is 0 Å². The first-order chi connectivity index (χ1) is 16.9. The van der Waals surface area contributed by atoms with Gasteiger partial charge in [-0.3, -0.25) is 0 Å². The molecule has 0 unspecified atom stereocenters. The molecule has 8 nitrogen and oxygen atoms in total. The van der Waals surface area contributed by atoms with E-state index in [-0.39, 0.29) is 11.3 Å². The molecule has 1 fully saturated rings. The number of nitrogens with two attached hydrogens (primary N) is 1. The average molecular weight is 601 g/mol. The molecular weight excluding hydrogens is 578 g/mol. The molecular formula is C25H23Br2N5O3. The maximum Gasteiger partial charge on any atom is 0.337 e. The Kier molecular flexibility index (Phi) is 8.17. The van der Waals surface area contributed by atoms with Crippen molar-refractivity contribution in [1.29, 1.82) is 0 Å². The van der Waals surface area contributed by atoms with Crippen LogP contribution in [0.4, 0.5) is 22.9 Å². The molecule has 0 radical (unpaired) electrons. The quantitative estimate of drug-likeness (QED) is 0.256. The van der Waals surface area contributed by atoms with Crippen molar-refractivity contribution >= 4 is 71.6 Å². The lowest BCUT2D eigenvalue weighted by molar-refractivity contribution is 0.0698. The number of ether oxygens (including phenoxy) is 1. The summed E-state index contributed by atoms with van der Waals surface area (Å²) in [6, 6.07) is 19.1. The molecule has 0 atom stereocenters. The average Bonchev–Trinajstić information content (AvgIpc) is 2.87. The lowest BCUT2D eigenvalue weighted by Crippen LogP contribution is -2.36. The third-order valence-corrected chi connectivity index (χ3v) is 6.34. The van der Waals surface area contributed by atoms with Crippen LogP contribution in [0.1, 0.15) is 10.4 Å². The van der Waals surface area contributed by atoms with Crippen molar-refractivity contribution in [3.63, 3.8) is 0 Å². The first-order valence-corrected chi connectivity index (χ1v) is 12.4. The monoisotopic (exact) mass is 599 g/mol. The fraction of sp³-hybridized carbons (Fsp3) is 0.160. The molecule has 1 saturated heterocycles. The first kappa shape index (κ1) is 24.9. The van der Waals surface area contributed by atoms with Gasteiger partial charge in [0, 0.05) is 44.5 Å². The van der Waals surface area contributed by atoms with Gasteiger partial charge >= 0.3 is 5.97 Å². The number of nitrogen functional groups attached to an aromatic ring is 1. The summed E-state index contributed by atoms with van der Waals surface area (Å²) >= 11 is 6.65. The summed E-state index contributed by atoms with van der Waals surface area (Å²) in [4.78, 5) is 21.5. The smallest absolute Gasteiger partial charge is 0.337 e. The van der Waals surface area contributed by atoms with Crippen LogP contribution in [0.25, 0.3) is 10.9 Å². The Balaban J connectivity index is 0.000000221. The number of aromatic nitrogens is 2. The summed E-state index contributed by atoms with van der Waals surface area (Å²) < 4.78 is 7.12. The Morgan fingerprint density at radius 3 is 2.34 bits per heavy atom. The van der Waals surface area contributed by atoms with Crippen LogP contribution in [0.2, 0.25) is 0 Å². The van der Waals surface area contributed by atoms with Crippen LogP contribution in [0.5, 0.6) is 0 Å². The molecule has 3 aromatic carbocycles. The van der Waals surface area contributed by atoms with Crippen molar-refractivity contribution in [2.24, 2.45) is 0 Å². The summed E-state index contributed by atoms with van der Waals surface area (Å²) in [6.07, 6.45) is 1.58. The highest BCUT2D eigenvalue weighted by Crippen LogP contribution is 2.27. The number of anilines is 4. The highest BCUT2D eigenvalue weighted by molar-refractivity contribution is 9.10. The lowest BCUT2D eigenvalue weighted by Gasteiger charge is -2.28. The number of aromatic carboxylic acids is 1. The van der Waals surface area contributed by atoms with E-state index in [1.165, 1.54) is 11.8 Å². The Hall–Kier alpha value is -3.21. The minimum Gasteiger partial charge on any atom is -0.478 e. The molecule has 10 heteroatoms. The number of benzene rings is 3. The van der Waals surface area contributed by atoms with E-state index >= 15 is 0 Å². The predicted molar refractivity (Wildman–Crippen MR) is 146 cm³/mol. The zero-order chi connectivity index (χ0) is 24.8. The second-order valence-electron chi connectivity index (χ2n) is 7.69. The number of fused-ring (bicyclic) bond motifs is 1. The minimum absolute atomic E-state index is 0.124. The van der Waals surface area contributed by atoms with E-state index in [4.69, 9.17) is 15.6 Å². The third kappa shape index (κ3) is 6.47. The molecule has 5 rings (SSSR count). The van der Waals surface area contributed by atoms with E-state index in [9.17, 15) is 4.79 Å². The van der Waals surface area contributed by atoms with E-state index in [0.717, 1.165) is 53.2 Å². The maximum atomic E-state index is 10.5. The van der Waals surface area contributed by atoms with Crippen molar-refractivity contribution in [2.75, 3.05) is 42.3 Å². The van der Waals surface area contributed by atoms with Gasteiger partial charge in [0.25, 0.3) is 0 Å². The summed E-state index contributed by atoms with van der Waals surface area (Å²) in [6.45, 7) is 3.47. The number of carboxylic acids is 1.